The molecule has 1 aliphatic heterocycles. The van der Waals surface area contributed by atoms with E-state index in [0.29, 0.717) is 37.9 Å². The second-order valence-corrected chi connectivity index (χ2v) is 5.71. The molecular weight excluding hydrogens is 234 g/mol. The topological polar surface area (TPSA) is 43.5 Å². The minimum atomic E-state index is -3.30. The van der Waals surface area contributed by atoms with Crippen molar-refractivity contribution >= 4 is 30.9 Å². The lowest BCUT2D eigenvalue weighted by molar-refractivity contribution is 0.336. The molecule has 0 amide bonds. The van der Waals surface area contributed by atoms with E-state index in [2.05, 4.69) is 0 Å². The summed E-state index contributed by atoms with van der Waals surface area (Å²) in [5.74, 6) is 0.685. The number of halogens is 2. The van der Waals surface area contributed by atoms with Gasteiger partial charge in [0, 0.05) is 37.9 Å². The molecule has 1 unspecified atom stereocenters. The molecule has 0 spiro atoms. The molecule has 0 bridgehead atoms. The third-order valence-corrected chi connectivity index (χ3v) is 4.46. The SMILES string of the molecule is O=P(O)(N(CCCl)CCCl)N1CC1. The largest absolute Gasteiger partial charge is 0.343 e. The molecule has 4 nitrogen and oxygen atoms in total. The van der Waals surface area contributed by atoms with Crippen LogP contribution in [0.15, 0.2) is 0 Å². The molecule has 7 heteroatoms. The van der Waals surface area contributed by atoms with Crippen molar-refractivity contribution in [2.45, 2.75) is 0 Å². The summed E-state index contributed by atoms with van der Waals surface area (Å²) in [6.45, 7) is 2.18. The normalized spacial score (nSPS) is 21.8. The Labute approximate surface area is 88.0 Å². The molecule has 1 heterocycles. The standard InChI is InChI=1S/C6H13Cl2N2O2P/c7-1-3-9(4-2-8)13(11,12)10-5-6-10/h1-6H2,(H,11,12). The van der Waals surface area contributed by atoms with Crippen molar-refractivity contribution in [3.63, 3.8) is 0 Å². The van der Waals surface area contributed by atoms with Crippen molar-refractivity contribution in [3.05, 3.63) is 0 Å². The van der Waals surface area contributed by atoms with Crippen LogP contribution in [0.1, 0.15) is 0 Å². The minimum absolute atomic E-state index is 0.343. The van der Waals surface area contributed by atoms with Crippen LogP contribution in [0, 0.1) is 0 Å². The molecule has 13 heavy (non-hydrogen) atoms. The lowest BCUT2D eigenvalue weighted by Crippen LogP contribution is -2.27. The number of hydrogen-bond donors (Lipinski definition) is 1. The number of rotatable bonds is 6. The monoisotopic (exact) mass is 246 g/mol. The maximum absolute atomic E-state index is 11.7. The Morgan fingerprint density at radius 3 is 2.08 bits per heavy atom. The van der Waals surface area contributed by atoms with Gasteiger partial charge < -0.3 is 4.89 Å². The first-order valence-electron chi connectivity index (χ1n) is 4.08. The van der Waals surface area contributed by atoms with Gasteiger partial charge in [-0.05, 0) is 0 Å². The van der Waals surface area contributed by atoms with Gasteiger partial charge in [0.1, 0.15) is 0 Å². The summed E-state index contributed by atoms with van der Waals surface area (Å²) in [4.78, 5) is 9.67. The zero-order valence-corrected chi connectivity index (χ0v) is 9.60. The van der Waals surface area contributed by atoms with Gasteiger partial charge in [-0.1, -0.05) is 0 Å². The number of nitrogens with zero attached hydrogens (tertiary/aromatic N) is 2. The van der Waals surface area contributed by atoms with Crippen molar-refractivity contribution in [2.75, 3.05) is 37.9 Å². The van der Waals surface area contributed by atoms with Crippen LogP contribution in [0.2, 0.25) is 0 Å². The van der Waals surface area contributed by atoms with Crippen molar-refractivity contribution in [1.82, 2.24) is 9.34 Å². The van der Waals surface area contributed by atoms with Gasteiger partial charge in [0.05, 0.1) is 0 Å². The van der Waals surface area contributed by atoms with Crippen LogP contribution in [-0.2, 0) is 4.57 Å². The molecule has 0 aliphatic carbocycles. The van der Waals surface area contributed by atoms with E-state index in [1.807, 2.05) is 0 Å². The first kappa shape index (κ1) is 11.8. The summed E-state index contributed by atoms with van der Waals surface area (Å²) >= 11 is 11.1. The number of alkyl halides is 2. The van der Waals surface area contributed by atoms with E-state index in [9.17, 15) is 9.46 Å². The summed E-state index contributed by atoms with van der Waals surface area (Å²) in [6, 6.07) is 0. The third-order valence-electron chi connectivity index (χ3n) is 1.85. The second kappa shape index (κ2) is 4.96. The molecule has 0 aromatic rings. The Kier molecular flexibility index (Phi) is 4.49. The fourth-order valence-electron chi connectivity index (χ4n) is 1.05. The van der Waals surface area contributed by atoms with Crippen molar-refractivity contribution in [2.24, 2.45) is 0 Å². The van der Waals surface area contributed by atoms with Crippen LogP contribution in [0.3, 0.4) is 0 Å². The molecule has 1 fully saturated rings. The van der Waals surface area contributed by atoms with Gasteiger partial charge in [0.25, 0.3) is 0 Å². The van der Waals surface area contributed by atoms with Crippen LogP contribution in [0.4, 0.5) is 0 Å². The van der Waals surface area contributed by atoms with Crippen molar-refractivity contribution in [1.29, 1.82) is 0 Å². The maximum atomic E-state index is 11.7. The Balaban J connectivity index is 2.55. The van der Waals surface area contributed by atoms with Gasteiger partial charge in [-0.15, -0.1) is 23.2 Å². The Bertz CT molecular complexity index is 207. The fraction of sp³-hybridized carbons (Fsp3) is 1.00. The van der Waals surface area contributed by atoms with E-state index in [1.54, 1.807) is 0 Å². The van der Waals surface area contributed by atoms with E-state index < -0.39 is 7.67 Å². The van der Waals surface area contributed by atoms with Crippen LogP contribution in [-0.4, -0.2) is 52.2 Å². The van der Waals surface area contributed by atoms with Gasteiger partial charge in [-0.25, -0.2) is 9.34 Å². The van der Waals surface area contributed by atoms with Crippen molar-refractivity contribution < 1.29 is 9.46 Å². The van der Waals surface area contributed by atoms with E-state index in [-0.39, 0.29) is 0 Å². The zero-order valence-electron chi connectivity index (χ0n) is 7.20. The van der Waals surface area contributed by atoms with Crippen molar-refractivity contribution in [3.8, 4) is 0 Å². The average Bonchev–Trinajstić information content (AvgIpc) is 2.86. The lowest BCUT2D eigenvalue weighted by atomic mass is 10.6. The van der Waals surface area contributed by atoms with Gasteiger partial charge in [0.15, 0.2) is 0 Å². The van der Waals surface area contributed by atoms with E-state index in [4.69, 9.17) is 23.2 Å². The highest BCUT2D eigenvalue weighted by atomic mass is 35.5. The molecule has 0 aromatic heterocycles. The van der Waals surface area contributed by atoms with E-state index >= 15 is 0 Å². The third kappa shape index (κ3) is 3.08. The molecule has 1 aliphatic rings. The van der Waals surface area contributed by atoms with Crippen LogP contribution < -0.4 is 0 Å². The zero-order chi connectivity index (χ0) is 9.90. The molecule has 1 atom stereocenters. The van der Waals surface area contributed by atoms with Gasteiger partial charge >= 0.3 is 7.67 Å². The lowest BCUT2D eigenvalue weighted by Gasteiger charge is -2.25. The smallest absolute Gasteiger partial charge is 0.322 e. The summed E-state index contributed by atoms with van der Waals surface area (Å²) < 4.78 is 14.7. The summed E-state index contributed by atoms with van der Waals surface area (Å²) in [7, 11) is -3.30. The van der Waals surface area contributed by atoms with Gasteiger partial charge in [-0.3, -0.25) is 4.57 Å². The highest BCUT2D eigenvalue weighted by Gasteiger charge is 2.41. The Morgan fingerprint density at radius 1 is 1.31 bits per heavy atom. The van der Waals surface area contributed by atoms with Crippen LogP contribution in [0.5, 0.6) is 0 Å². The fourth-order valence-corrected chi connectivity index (χ4v) is 3.38. The van der Waals surface area contributed by atoms with Gasteiger partial charge in [-0.2, -0.15) is 0 Å². The highest BCUT2D eigenvalue weighted by molar-refractivity contribution is 7.53. The molecule has 0 saturated carbocycles. The molecule has 1 rings (SSSR count). The molecule has 0 aromatic carbocycles. The Hall–Kier alpha value is 0.690. The van der Waals surface area contributed by atoms with E-state index in [0.717, 1.165) is 0 Å². The molecule has 1 N–H and O–H groups in total. The highest BCUT2D eigenvalue weighted by Crippen LogP contribution is 2.52. The summed E-state index contributed by atoms with van der Waals surface area (Å²) in [6.07, 6.45) is 0. The Morgan fingerprint density at radius 2 is 1.77 bits per heavy atom. The minimum Gasteiger partial charge on any atom is -0.322 e. The predicted molar refractivity (Wildman–Crippen MR) is 54.4 cm³/mol. The predicted octanol–water partition coefficient (Wildman–Crippen LogP) is 1.18. The van der Waals surface area contributed by atoms with Crippen LogP contribution in [0.25, 0.3) is 0 Å². The van der Waals surface area contributed by atoms with Crippen LogP contribution >= 0.6 is 30.9 Å². The molecular formula is C6H13Cl2N2O2P. The average molecular weight is 247 g/mol. The quantitative estimate of drug-likeness (QED) is 0.435. The maximum Gasteiger partial charge on any atom is 0.343 e. The molecule has 78 valence electrons. The second-order valence-electron chi connectivity index (χ2n) is 2.80. The first-order chi connectivity index (χ1) is 6.12. The molecule has 0 radical (unpaired) electrons. The molecule has 1 saturated heterocycles. The summed E-state index contributed by atoms with van der Waals surface area (Å²) in [5.41, 5.74) is 0. The first-order valence-corrected chi connectivity index (χ1v) is 6.72. The summed E-state index contributed by atoms with van der Waals surface area (Å²) in [5, 5.41) is 0. The van der Waals surface area contributed by atoms with E-state index in [1.165, 1.54) is 9.34 Å². The van der Waals surface area contributed by atoms with Gasteiger partial charge in [0.2, 0.25) is 0 Å². The number of hydrogen-bond acceptors (Lipinski definition) is 1.